The van der Waals surface area contributed by atoms with Crippen LogP contribution in [0.1, 0.15) is 24.8 Å². The second-order valence-electron chi connectivity index (χ2n) is 11.3. The Bertz CT molecular complexity index is 1430. The minimum atomic E-state index is -1.17. The molecular weight excluding hydrogens is 664 g/mol. The first-order valence-electron chi connectivity index (χ1n) is 16.4. The maximum absolute atomic E-state index is 13.1. The van der Waals surface area contributed by atoms with Crippen molar-refractivity contribution in [1.82, 2.24) is 49.9 Å². The highest BCUT2D eigenvalue weighted by molar-refractivity contribution is 5.77. The van der Waals surface area contributed by atoms with E-state index in [0.717, 1.165) is 5.56 Å². The summed E-state index contributed by atoms with van der Waals surface area (Å²) >= 11 is 0. The van der Waals surface area contributed by atoms with Crippen molar-refractivity contribution in [2.24, 2.45) is 0 Å². The van der Waals surface area contributed by atoms with Gasteiger partial charge in [-0.05, 0) is 24.8 Å². The van der Waals surface area contributed by atoms with Gasteiger partial charge in [0.2, 0.25) is 0 Å². The molecule has 1 aromatic carbocycles. The van der Waals surface area contributed by atoms with E-state index in [-0.39, 0.29) is 64.3 Å². The number of hydrogen-bond donors (Lipinski definition) is 4. The summed E-state index contributed by atoms with van der Waals surface area (Å²) in [7, 11) is 0. The quantitative estimate of drug-likeness (QED) is 0.0924. The Morgan fingerprint density at radius 1 is 0.608 bits per heavy atom. The number of imidazole rings is 3. The zero-order chi connectivity index (χ0) is 36.0. The van der Waals surface area contributed by atoms with E-state index < -0.39 is 11.6 Å². The number of ether oxygens (including phenoxy) is 4. The molecule has 0 spiro atoms. The standard InChI is InChI=1S/C33H44N10O8/c44-29(41-15-12-34-25-41)37-9-4-18-48-22-33(40-32(47)51-21-28-7-2-1-3-8-28,23-49-19-5-10-38-30(45)42-16-13-35-26-42)24-50-20-6-11-39-31(46)43-17-14-36-27-43/h1-3,7-8,12-17,25-27H,4-6,9-11,18-24H2,(H,37,44)(H,38,45)(H,39,46)(H,40,47). The summed E-state index contributed by atoms with van der Waals surface area (Å²) in [5.74, 6) is 0. The van der Waals surface area contributed by atoms with Gasteiger partial charge in [0.25, 0.3) is 0 Å². The van der Waals surface area contributed by atoms with Gasteiger partial charge < -0.3 is 40.2 Å². The Labute approximate surface area is 294 Å². The third kappa shape index (κ3) is 14.0. The summed E-state index contributed by atoms with van der Waals surface area (Å²) < 4.78 is 27.5. The average molecular weight is 709 g/mol. The third-order valence-corrected chi connectivity index (χ3v) is 7.16. The number of rotatable bonds is 21. The van der Waals surface area contributed by atoms with Crippen molar-refractivity contribution < 1.29 is 38.1 Å². The lowest BCUT2D eigenvalue weighted by Gasteiger charge is -2.34. The summed E-state index contributed by atoms with van der Waals surface area (Å²) in [5, 5.41) is 11.3. The van der Waals surface area contributed by atoms with Gasteiger partial charge in [0.05, 0.1) is 19.8 Å². The molecule has 0 aliphatic carbocycles. The molecule has 3 aromatic heterocycles. The highest BCUT2D eigenvalue weighted by Crippen LogP contribution is 2.12. The largest absolute Gasteiger partial charge is 0.445 e. The lowest BCUT2D eigenvalue weighted by Crippen LogP contribution is -2.58. The maximum atomic E-state index is 13.1. The summed E-state index contributed by atoms with van der Waals surface area (Å²) in [6, 6.07) is 8.33. The van der Waals surface area contributed by atoms with E-state index in [4.69, 9.17) is 18.9 Å². The van der Waals surface area contributed by atoms with Crippen LogP contribution in [0, 0.1) is 0 Å². The van der Waals surface area contributed by atoms with E-state index in [1.165, 1.54) is 51.3 Å². The van der Waals surface area contributed by atoms with Crippen LogP contribution >= 0.6 is 0 Å². The van der Waals surface area contributed by atoms with Crippen molar-refractivity contribution in [2.45, 2.75) is 31.4 Å². The van der Waals surface area contributed by atoms with Crippen LogP contribution in [0.4, 0.5) is 19.2 Å². The van der Waals surface area contributed by atoms with Gasteiger partial charge in [0.15, 0.2) is 0 Å². The smallest absolute Gasteiger partial charge is 0.408 e. The summed E-state index contributed by atoms with van der Waals surface area (Å²) in [6.07, 6.45) is 14.2. The number of nitrogens with one attached hydrogen (secondary N) is 4. The summed E-state index contributed by atoms with van der Waals surface area (Å²) in [5.41, 5.74) is -0.358. The van der Waals surface area contributed by atoms with Crippen LogP contribution < -0.4 is 21.3 Å². The first-order chi connectivity index (χ1) is 24.9. The van der Waals surface area contributed by atoms with Gasteiger partial charge >= 0.3 is 24.2 Å². The molecule has 0 bridgehead atoms. The fourth-order valence-electron chi connectivity index (χ4n) is 4.53. The van der Waals surface area contributed by atoms with Gasteiger partial charge in [-0.15, -0.1) is 0 Å². The molecule has 0 aliphatic rings. The van der Waals surface area contributed by atoms with Gasteiger partial charge in [-0.25, -0.2) is 34.1 Å². The average Bonchev–Trinajstić information content (AvgIpc) is 3.97. The first-order valence-corrected chi connectivity index (χ1v) is 16.4. The number of carbonyl (C=O) groups excluding carboxylic acids is 4. The number of aromatic nitrogens is 6. The van der Waals surface area contributed by atoms with Crippen molar-refractivity contribution in [1.29, 1.82) is 0 Å². The van der Waals surface area contributed by atoms with Gasteiger partial charge in [-0.1, -0.05) is 30.3 Å². The monoisotopic (exact) mass is 708 g/mol. The van der Waals surface area contributed by atoms with E-state index in [9.17, 15) is 19.2 Å². The number of carbonyl (C=O) groups is 4. The lowest BCUT2D eigenvalue weighted by atomic mass is 10.0. The van der Waals surface area contributed by atoms with Crippen molar-refractivity contribution in [3.05, 3.63) is 92.1 Å². The van der Waals surface area contributed by atoms with Crippen LogP contribution in [0.25, 0.3) is 0 Å². The summed E-state index contributed by atoms with van der Waals surface area (Å²) in [4.78, 5) is 61.3. The second-order valence-corrected chi connectivity index (χ2v) is 11.3. The Balaban J connectivity index is 1.31. The molecule has 51 heavy (non-hydrogen) atoms. The van der Waals surface area contributed by atoms with E-state index in [1.807, 2.05) is 30.3 Å². The molecular formula is C33H44N10O8. The number of benzene rings is 1. The van der Waals surface area contributed by atoms with Crippen molar-refractivity contribution in [3.63, 3.8) is 0 Å². The Morgan fingerprint density at radius 2 is 1.02 bits per heavy atom. The van der Waals surface area contributed by atoms with Gasteiger partial charge in [0, 0.05) is 76.6 Å². The number of hydrogen-bond acceptors (Lipinski definition) is 11. The number of amides is 4. The van der Waals surface area contributed by atoms with Crippen LogP contribution in [-0.2, 0) is 25.6 Å². The normalized spacial score (nSPS) is 11.1. The molecule has 0 fully saturated rings. The molecule has 4 rings (SSSR count). The third-order valence-electron chi connectivity index (χ3n) is 7.16. The fourth-order valence-corrected chi connectivity index (χ4v) is 4.53. The lowest BCUT2D eigenvalue weighted by molar-refractivity contribution is -0.0399. The molecule has 4 amide bonds. The Hall–Kier alpha value is -5.59. The van der Waals surface area contributed by atoms with Gasteiger partial charge in [-0.2, -0.15) is 0 Å². The predicted molar refractivity (Wildman–Crippen MR) is 182 cm³/mol. The minimum Gasteiger partial charge on any atom is -0.445 e. The molecule has 4 N–H and O–H groups in total. The van der Waals surface area contributed by atoms with E-state index in [1.54, 1.807) is 18.6 Å². The molecule has 0 radical (unpaired) electrons. The molecule has 0 saturated carbocycles. The van der Waals surface area contributed by atoms with Crippen molar-refractivity contribution in [3.8, 4) is 0 Å². The van der Waals surface area contributed by atoms with Crippen LogP contribution in [-0.4, -0.2) is 118 Å². The van der Waals surface area contributed by atoms with Crippen LogP contribution in [0.3, 0.4) is 0 Å². The highest BCUT2D eigenvalue weighted by Gasteiger charge is 2.34. The molecule has 18 nitrogen and oxygen atoms in total. The first kappa shape index (κ1) is 38.2. The molecule has 0 aliphatic heterocycles. The number of nitrogens with zero attached hydrogens (tertiary/aromatic N) is 6. The molecule has 4 aromatic rings. The molecule has 0 unspecified atom stereocenters. The second kappa shape index (κ2) is 21.5. The van der Waals surface area contributed by atoms with E-state index in [2.05, 4.69) is 36.2 Å². The molecule has 274 valence electrons. The zero-order valence-corrected chi connectivity index (χ0v) is 28.2. The Morgan fingerprint density at radius 3 is 1.39 bits per heavy atom. The molecule has 3 heterocycles. The molecule has 18 heteroatoms. The maximum Gasteiger partial charge on any atom is 0.408 e. The fraction of sp³-hybridized carbons (Fsp3) is 0.424. The zero-order valence-electron chi connectivity index (χ0n) is 28.2. The van der Waals surface area contributed by atoms with Crippen LogP contribution in [0.5, 0.6) is 0 Å². The van der Waals surface area contributed by atoms with Crippen molar-refractivity contribution in [2.75, 3.05) is 59.3 Å². The van der Waals surface area contributed by atoms with E-state index in [0.29, 0.717) is 38.9 Å². The molecule has 0 saturated heterocycles. The summed E-state index contributed by atoms with van der Waals surface area (Å²) in [6.45, 7) is 1.85. The Kier molecular flexibility index (Phi) is 16.1. The SMILES string of the molecule is O=C(NC(COCCCNC(=O)n1ccnc1)(COCCCNC(=O)n1ccnc1)COCCCNC(=O)n1ccnc1)OCc1ccccc1. The highest BCUT2D eigenvalue weighted by atomic mass is 16.6. The topological polar surface area (TPSA) is 207 Å². The van der Waals surface area contributed by atoms with Crippen LogP contribution in [0.2, 0.25) is 0 Å². The van der Waals surface area contributed by atoms with Gasteiger partial charge in [0.1, 0.15) is 31.1 Å². The minimum absolute atomic E-state index is 0.00235. The van der Waals surface area contributed by atoms with Crippen molar-refractivity contribution >= 4 is 24.2 Å². The van der Waals surface area contributed by atoms with Gasteiger partial charge in [-0.3, -0.25) is 13.7 Å². The van der Waals surface area contributed by atoms with Crippen LogP contribution in [0.15, 0.2) is 86.5 Å². The predicted octanol–water partition coefficient (Wildman–Crippen LogP) is 2.23. The van der Waals surface area contributed by atoms with E-state index >= 15 is 0 Å². The number of alkyl carbamates (subject to hydrolysis) is 1. The molecule has 0 atom stereocenters.